The zero-order valence-electron chi connectivity index (χ0n) is 10.5. The Hall–Kier alpha value is -1.45. The normalized spacial score (nSPS) is 10.5. The molecule has 1 amide bonds. The fourth-order valence-corrected chi connectivity index (χ4v) is 2.33. The SMILES string of the molecule is Cn1cccc1C(=O)NCCc1ccc(Cl)cc1Cl. The van der Waals surface area contributed by atoms with Gasteiger partial charge in [0.15, 0.2) is 0 Å². The lowest BCUT2D eigenvalue weighted by atomic mass is 10.1. The van der Waals surface area contributed by atoms with Crippen LogP contribution in [0.15, 0.2) is 36.5 Å². The number of carbonyl (C=O) groups is 1. The summed E-state index contributed by atoms with van der Waals surface area (Å²) in [5.41, 5.74) is 1.61. The van der Waals surface area contributed by atoms with Gasteiger partial charge in [-0.3, -0.25) is 4.79 Å². The molecule has 2 rings (SSSR count). The van der Waals surface area contributed by atoms with Crippen LogP contribution in [0.2, 0.25) is 10.0 Å². The highest BCUT2D eigenvalue weighted by molar-refractivity contribution is 6.35. The molecule has 19 heavy (non-hydrogen) atoms. The van der Waals surface area contributed by atoms with E-state index in [1.165, 1.54) is 0 Å². The van der Waals surface area contributed by atoms with Crippen molar-refractivity contribution >= 4 is 29.1 Å². The molecule has 0 fully saturated rings. The van der Waals surface area contributed by atoms with Crippen LogP contribution in [0.25, 0.3) is 0 Å². The van der Waals surface area contributed by atoms with Gasteiger partial charge in [-0.05, 0) is 36.2 Å². The van der Waals surface area contributed by atoms with Crippen LogP contribution in [-0.2, 0) is 13.5 Å². The smallest absolute Gasteiger partial charge is 0.267 e. The molecule has 5 heteroatoms. The summed E-state index contributed by atoms with van der Waals surface area (Å²) in [6.45, 7) is 0.533. The maximum Gasteiger partial charge on any atom is 0.267 e. The molecule has 0 bridgehead atoms. The third kappa shape index (κ3) is 3.52. The van der Waals surface area contributed by atoms with Crippen LogP contribution in [0.5, 0.6) is 0 Å². The Morgan fingerprint density at radius 1 is 1.32 bits per heavy atom. The first-order valence-corrected chi connectivity index (χ1v) is 6.67. The van der Waals surface area contributed by atoms with Crippen LogP contribution in [0, 0.1) is 0 Å². The van der Waals surface area contributed by atoms with Crippen LogP contribution in [0.1, 0.15) is 16.1 Å². The van der Waals surface area contributed by atoms with E-state index in [2.05, 4.69) is 5.32 Å². The van der Waals surface area contributed by atoms with Crippen LogP contribution >= 0.6 is 23.2 Å². The fourth-order valence-electron chi connectivity index (χ4n) is 1.82. The minimum Gasteiger partial charge on any atom is -0.350 e. The molecule has 0 aliphatic heterocycles. The van der Waals surface area contributed by atoms with E-state index < -0.39 is 0 Å². The molecule has 1 aromatic heterocycles. The molecule has 0 unspecified atom stereocenters. The van der Waals surface area contributed by atoms with Crippen molar-refractivity contribution in [2.24, 2.45) is 7.05 Å². The number of benzene rings is 1. The molecule has 1 aromatic carbocycles. The number of hydrogen-bond donors (Lipinski definition) is 1. The molecule has 0 saturated heterocycles. The van der Waals surface area contributed by atoms with Crippen molar-refractivity contribution in [3.63, 3.8) is 0 Å². The van der Waals surface area contributed by atoms with E-state index in [0.717, 1.165) is 5.56 Å². The summed E-state index contributed by atoms with van der Waals surface area (Å²) in [4.78, 5) is 11.9. The Labute approximate surface area is 122 Å². The molecular formula is C14H14Cl2N2O. The van der Waals surface area contributed by atoms with Gasteiger partial charge in [0.1, 0.15) is 5.69 Å². The zero-order valence-corrected chi connectivity index (χ0v) is 12.0. The summed E-state index contributed by atoms with van der Waals surface area (Å²) in [5, 5.41) is 4.10. The number of carbonyl (C=O) groups excluding carboxylic acids is 1. The number of nitrogens with one attached hydrogen (secondary N) is 1. The Kier molecular flexibility index (Phi) is 4.51. The molecule has 0 aliphatic rings. The average Bonchev–Trinajstić information content (AvgIpc) is 2.78. The Bertz CT molecular complexity index is 593. The van der Waals surface area contributed by atoms with Crippen molar-refractivity contribution in [3.05, 3.63) is 57.8 Å². The summed E-state index contributed by atoms with van der Waals surface area (Å²) in [5.74, 6) is -0.0856. The highest BCUT2D eigenvalue weighted by atomic mass is 35.5. The van der Waals surface area contributed by atoms with E-state index in [1.54, 1.807) is 22.8 Å². The van der Waals surface area contributed by atoms with Gasteiger partial charge in [-0.1, -0.05) is 29.3 Å². The topological polar surface area (TPSA) is 34.0 Å². The maximum atomic E-state index is 11.9. The number of hydrogen-bond acceptors (Lipinski definition) is 1. The Morgan fingerprint density at radius 3 is 2.74 bits per heavy atom. The van der Waals surface area contributed by atoms with Crippen molar-refractivity contribution in [2.45, 2.75) is 6.42 Å². The standard InChI is InChI=1S/C14H14Cl2N2O/c1-18-8-2-3-13(18)14(19)17-7-6-10-4-5-11(15)9-12(10)16/h2-5,8-9H,6-7H2,1H3,(H,17,19). The number of aromatic nitrogens is 1. The van der Waals surface area contributed by atoms with E-state index in [-0.39, 0.29) is 5.91 Å². The second-order valence-corrected chi connectivity index (χ2v) is 5.09. The third-order valence-electron chi connectivity index (χ3n) is 2.87. The third-order valence-corrected chi connectivity index (χ3v) is 3.46. The van der Waals surface area contributed by atoms with Gasteiger partial charge in [0, 0.05) is 29.8 Å². The summed E-state index contributed by atoms with van der Waals surface area (Å²) in [6, 6.07) is 8.99. The average molecular weight is 297 g/mol. The van der Waals surface area contributed by atoms with Crippen LogP contribution < -0.4 is 5.32 Å². The second-order valence-electron chi connectivity index (χ2n) is 4.25. The number of nitrogens with zero attached hydrogens (tertiary/aromatic N) is 1. The van der Waals surface area contributed by atoms with Crippen LogP contribution in [0.3, 0.4) is 0 Å². The maximum absolute atomic E-state index is 11.9. The van der Waals surface area contributed by atoms with Crippen molar-refractivity contribution < 1.29 is 4.79 Å². The molecule has 1 N–H and O–H groups in total. The summed E-state index contributed by atoms with van der Waals surface area (Å²) in [7, 11) is 1.84. The van der Waals surface area contributed by atoms with Crippen LogP contribution in [-0.4, -0.2) is 17.0 Å². The molecule has 2 aromatic rings. The summed E-state index contributed by atoms with van der Waals surface area (Å²) in [6.07, 6.45) is 2.51. The Balaban J connectivity index is 1.90. The number of aryl methyl sites for hydroxylation is 1. The number of rotatable bonds is 4. The van der Waals surface area contributed by atoms with Gasteiger partial charge in [0.2, 0.25) is 0 Å². The quantitative estimate of drug-likeness (QED) is 0.923. The molecule has 0 spiro atoms. The van der Waals surface area contributed by atoms with E-state index in [0.29, 0.717) is 28.7 Å². The highest BCUT2D eigenvalue weighted by Crippen LogP contribution is 2.21. The molecule has 0 atom stereocenters. The fraction of sp³-hybridized carbons (Fsp3) is 0.214. The van der Waals surface area contributed by atoms with Gasteiger partial charge < -0.3 is 9.88 Å². The minimum absolute atomic E-state index is 0.0856. The van der Waals surface area contributed by atoms with E-state index in [9.17, 15) is 4.79 Å². The van der Waals surface area contributed by atoms with E-state index in [4.69, 9.17) is 23.2 Å². The predicted octanol–water partition coefficient (Wildman–Crippen LogP) is 3.30. The first-order chi connectivity index (χ1) is 9.08. The van der Waals surface area contributed by atoms with Crippen molar-refractivity contribution in [1.29, 1.82) is 0 Å². The molecule has 0 saturated carbocycles. The van der Waals surface area contributed by atoms with Gasteiger partial charge in [-0.25, -0.2) is 0 Å². The van der Waals surface area contributed by atoms with Crippen molar-refractivity contribution in [1.82, 2.24) is 9.88 Å². The van der Waals surface area contributed by atoms with Crippen molar-refractivity contribution in [2.75, 3.05) is 6.54 Å². The molecule has 3 nitrogen and oxygen atoms in total. The second kappa shape index (κ2) is 6.13. The molecule has 100 valence electrons. The Morgan fingerprint density at radius 2 is 2.11 bits per heavy atom. The summed E-state index contributed by atoms with van der Waals surface area (Å²) >= 11 is 11.9. The van der Waals surface area contributed by atoms with Gasteiger partial charge >= 0.3 is 0 Å². The minimum atomic E-state index is -0.0856. The lowest BCUT2D eigenvalue weighted by molar-refractivity contribution is 0.0946. The van der Waals surface area contributed by atoms with Gasteiger partial charge in [-0.15, -0.1) is 0 Å². The van der Waals surface area contributed by atoms with E-state index >= 15 is 0 Å². The molecule has 0 aliphatic carbocycles. The zero-order chi connectivity index (χ0) is 13.8. The monoisotopic (exact) mass is 296 g/mol. The molecule has 1 heterocycles. The van der Waals surface area contributed by atoms with Crippen LogP contribution in [0.4, 0.5) is 0 Å². The van der Waals surface area contributed by atoms with E-state index in [1.807, 2.05) is 25.4 Å². The van der Waals surface area contributed by atoms with Crippen molar-refractivity contribution in [3.8, 4) is 0 Å². The number of halogens is 2. The summed E-state index contributed by atoms with van der Waals surface area (Å²) < 4.78 is 1.78. The predicted molar refractivity (Wildman–Crippen MR) is 77.9 cm³/mol. The van der Waals surface area contributed by atoms with Gasteiger partial charge in [0.05, 0.1) is 0 Å². The first-order valence-electron chi connectivity index (χ1n) is 5.91. The largest absolute Gasteiger partial charge is 0.350 e. The van der Waals surface area contributed by atoms with Gasteiger partial charge in [0.25, 0.3) is 5.91 Å². The molecular weight excluding hydrogens is 283 g/mol. The van der Waals surface area contributed by atoms with Gasteiger partial charge in [-0.2, -0.15) is 0 Å². The highest BCUT2D eigenvalue weighted by Gasteiger charge is 2.08. The lowest BCUT2D eigenvalue weighted by Crippen LogP contribution is -2.27. The lowest BCUT2D eigenvalue weighted by Gasteiger charge is -2.07. The first kappa shape index (κ1) is 14.0. The number of amides is 1. The molecule has 0 radical (unpaired) electrons.